The van der Waals surface area contributed by atoms with Gasteiger partial charge in [0, 0.05) is 24.6 Å². The molecule has 0 amide bonds. The van der Waals surface area contributed by atoms with E-state index in [1.807, 2.05) is 0 Å². The third kappa shape index (κ3) is 3.60. The number of hydrogen-bond acceptors (Lipinski definition) is 3. The lowest BCUT2D eigenvalue weighted by atomic mass is 9.97. The van der Waals surface area contributed by atoms with Gasteiger partial charge in [-0.05, 0) is 38.3 Å². The van der Waals surface area contributed by atoms with Crippen LogP contribution in [0.1, 0.15) is 42.8 Å². The zero-order chi connectivity index (χ0) is 15.4. The second kappa shape index (κ2) is 6.70. The maximum absolute atomic E-state index is 4.73. The van der Waals surface area contributed by atoms with E-state index in [-0.39, 0.29) is 0 Å². The lowest BCUT2D eigenvalue weighted by Crippen LogP contribution is -2.06. The Morgan fingerprint density at radius 1 is 0.952 bits per heavy atom. The molecular formula is C18H25N3. The summed E-state index contributed by atoms with van der Waals surface area (Å²) in [6.07, 6.45) is 1.93. The topological polar surface area (TPSA) is 37.8 Å². The van der Waals surface area contributed by atoms with E-state index < -0.39 is 0 Å². The Kier molecular flexibility index (Phi) is 4.94. The average molecular weight is 283 g/mol. The van der Waals surface area contributed by atoms with E-state index in [1.54, 1.807) is 0 Å². The number of anilines is 1. The Balaban J connectivity index is 2.52. The van der Waals surface area contributed by atoms with Crippen molar-refractivity contribution in [1.82, 2.24) is 9.97 Å². The number of aryl methyl sites for hydroxylation is 4. The Bertz CT molecular complexity index is 609. The van der Waals surface area contributed by atoms with Gasteiger partial charge in [0.25, 0.3) is 0 Å². The molecule has 0 aliphatic carbocycles. The zero-order valence-corrected chi connectivity index (χ0v) is 13.7. The Morgan fingerprint density at radius 3 is 2.19 bits per heavy atom. The van der Waals surface area contributed by atoms with Gasteiger partial charge in [0.15, 0.2) is 0 Å². The first-order chi connectivity index (χ1) is 10.0. The van der Waals surface area contributed by atoms with Gasteiger partial charge >= 0.3 is 0 Å². The molecule has 1 N–H and O–H groups in total. The summed E-state index contributed by atoms with van der Waals surface area (Å²) in [7, 11) is 0. The summed E-state index contributed by atoms with van der Waals surface area (Å²) in [6.45, 7) is 11.6. The molecule has 0 saturated heterocycles. The number of hydrogen-bond donors (Lipinski definition) is 1. The first kappa shape index (κ1) is 15.5. The van der Waals surface area contributed by atoms with Crippen molar-refractivity contribution in [3.8, 4) is 11.3 Å². The van der Waals surface area contributed by atoms with Crippen LogP contribution in [0.2, 0.25) is 0 Å². The molecule has 0 fully saturated rings. The minimum Gasteiger partial charge on any atom is -0.370 e. The Hall–Kier alpha value is -1.90. The van der Waals surface area contributed by atoms with Crippen LogP contribution in [0.25, 0.3) is 11.3 Å². The first-order valence-electron chi connectivity index (χ1n) is 7.75. The molecule has 1 aromatic heterocycles. The minimum atomic E-state index is 0.846. The van der Waals surface area contributed by atoms with E-state index in [4.69, 9.17) is 4.98 Å². The van der Waals surface area contributed by atoms with Gasteiger partial charge in [-0.15, -0.1) is 0 Å². The largest absolute Gasteiger partial charge is 0.370 e. The van der Waals surface area contributed by atoms with Crippen molar-refractivity contribution in [3.63, 3.8) is 0 Å². The SMILES string of the molecule is CCCNc1cc(-c2c(C)cc(C)cc2C)nc(CC)n1. The molecule has 1 heterocycles. The highest BCUT2D eigenvalue weighted by molar-refractivity contribution is 5.70. The monoisotopic (exact) mass is 283 g/mol. The fourth-order valence-electron chi connectivity index (χ4n) is 2.71. The molecule has 0 saturated carbocycles. The van der Waals surface area contributed by atoms with E-state index in [1.165, 1.54) is 22.3 Å². The van der Waals surface area contributed by atoms with Crippen molar-refractivity contribution in [3.05, 3.63) is 40.7 Å². The molecule has 0 radical (unpaired) electrons. The van der Waals surface area contributed by atoms with Crippen LogP contribution in [0, 0.1) is 20.8 Å². The van der Waals surface area contributed by atoms with Crippen molar-refractivity contribution in [2.24, 2.45) is 0 Å². The first-order valence-corrected chi connectivity index (χ1v) is 7.75. The standard InChI is InChI=1S/C18H25N3/c1-6-8-19-17-11-15(20-16(7-2)21-17)18-13(4)9-12(3)10-14(18)5/h9-11H,6-8H2,1-5H3,(H,19,20,21). The molecule has 0 bridgehead atoms. The van der Waals surface area contributed by atoms with Crippen LogP contribution in [0.4, 0.5) is 5.82 Å². The molecule has 0 atom stereocenters. The normalized spacial score (nSPS) is 10.7. The second-order valence-corrected chi connectivity index (χ2v) is 5.61. The molecule has 2 rings (SSSR count). The van der Waals surface area contributed by atoms with Gasteiger partial charge in [0.1, 0.15) is 11.6 Å². The van der Waals surface area contributed by atoms with Gasteiger partial charge in [-0.1, -0.05) is 31.5 Å². The van der Waals surface area contributed by atoms with Gasteiger partial charge in [-0.3, -0.25) is 0 Å². The van der Waals surface area contributed by atoms with Gasteiger partial charge in [-0.25, -0.2) is 9.97 Å². The average Bonchev–Trinajstić information content (AvgIpc) is 2.43. The number of nitrogens with zero attached hydrogens (tertiary/aromatic N) is 2. The van der Waals surface area contributed by atoms with Crippen LogP contribution in [0.15, 0.2) is 18.2 Å². The van der Waals surface area contributed by atoms with Crippen LogP contribution in [0.3, 0.4) is 0 Å². The minimum absolute atomic E-state index is 0.846. The molecule has 0 unspecified atom stereocenters. The maximum atomic E-state index is 4.73. The summed E-state index contributed by atoms with van der Waals surface area (Å²) in [5.41, 5.74) is 6.10. The van der Waals surface area contributed by atoms with Crippen LogP contribution in [0.5, 0.6) is 0 Å². The van der Waals surface area contributed by atoms with Gasteiger partial charge in [0.2, 0.25) is 0 Å². The van der Waals surface area contributed by atoms with E-state index in [9.17, 15) is 0 Å². The van der Waals surface area contributed by atoms with Gasteiger partial charge in [0.05, 0.1) is 5.69 Å². The van der Waals surface area contributed by atoms with E-state index >= 15 is 0 Å². The fraction of sp³-hybridized carbons (Fsp3) is 0.444. The van der Waals surface area contributed by atoms with Gasteiger partial charge < -0.3 is 5.32 Å². The number of nitrogens with one attached hydrogen (secondary N) is 1. The van der Waals surface area contributed by atoms with Crippen molar-refractivity contribution in [2.75, 3.05) is 11.9 Å². The Labute approximate surface area is 127 Å². The third-order valence-electron chi connectivity index (χ3n) is 3.58. The molecule has 0 aliphatic heterocycles. The number of benzene rings is 1. The summed E-state index contributed by atoms with van der Waals surface area (Å²) < 4.78 is 0. The summed E-state index contributed by atoms with van der Waals surface area (Å²) in [4.78, 5) is 9.30. The van der Waals surface area contributed by atoms with Crippen LogP contribution in [-0.4, -0.2) is 16.5 Å². The number of rotatable bonds is 5. The molecular weight excluding hydrogens is 258 g/mol. The summed E-state index contributed by atoms with van der Waals surface area (Å²) in [5, 5.41) is 3.38. The molecule has 21 heavy (non-hydrogen) atoms. The van der Waals surface area contributed by atoms with Crippen molar-refractivity contribution < 1.29 is 0 Å². The smallest absolute Gasteiger partial charge is 0.131 e. The lowest BCUT2D eigenvalue weighted by Gasteiger charge is -2.13. The molecule has 1 aromatic carbocycles. The predicted molar refractivity (Wildman–Crippen MR) is 89.8 cm³/mol. The van der Waals surface area contributed by atoms with Crippen LogP contribution >= 0.6 is 0 Å². The molecule has 112 valence electrons. The number of aromatic nitrogens is 2. The highest BCUT2D eigenvalue weighted by Gasteiger charge is 2.11. The van der Waals surface area contributed by atoms with Crippen LogP contribution < -0.4 is 5.32 Å². The van der Waals surface area contributed by atoms with Gasteiger partial charge in [-0.2, -0.15) is 0 Å². The molecule has 2 aromatic rings. The molecule has 3 heteroatoms. The molecule has 3 nitrogen and oxygen atoms in total. The van der Waals surface area contributed by atoms with Crippen LogP contribution in [-0.2, 0) is 6.42 Å². The quantitative estimate of drug-likeness (QED) is 0.880. The zero-order valence-electron chi connectivity index (χ0n) is 13.7. The highest BCUT2D eigenvalue weighted by atomic mass is 15.0. The van der Waals surface area contributed by atoms with E-state index in [0.29, 0.717) is 0 Å². The second-order valence-electron chi connectivity index (χ2n) is 5.61. The maximum Gasteiger partial charge on any atom is 0.131 e. The van der Waals surface area contributed by atoms with Crippen molar-refractivity contribution in [2.45, 2.75) is 47.5 Å². The van der Waals surface area contributed by atoms with E-state index in [0.717, 1.165) is 36.7 Å². The van der Waals surface area contributed by atoms with E-state index in [2.05, 4.69) is 63.1 Å². The Morgan fingerprint density at radius 2 is 1.62 bits per heavy atom. The van der Waals surface area contributed by atoms with Crippen molar-refractivity contribution in [1.29, 1.82) is 0 Å². The molecule has 0 spiro atoms. The van der Waals surface area contributed by atoms with Crippen molar-refractivity contribution >= 4 is 5.82 Å². The predicted octanol–water partition coefficient (Wildman–Crippen LogP) is 4.45. The lowest BCUT2D eigenvalue weighted by molar-refractivity contribution is 0.919. The molecule has 0 aliphatic rings. The fourth-order valence-corrected chi connectivity index (χ4v) is 2.71. The summed E-state index contributed by atoms with van der Waals surface area (Å²) in [6, 6.07) is 6.50. The third-order valence-corrected chi connectivity index (χ3v) is 3.58. The summed E-state index contributed by atoms with van der Waals surface area (Å²) in [5.74, 6) is 1.82. The summed E-state index contributed by atoms with van der Waals surface area (Å²) >= 11 is 0. The highest BCUT2D eigenvalue weighted by Crippen LogP contribution is 2.28.